The highest BCUT2D eigenvalue weighted by molar-refractivity contribution is 6.60. The fraction of sp³-hybridized carbons (Fsp3) is 0.833. The van der Waals surface area contributed by atoms with E-state index < -0.39 is 8.80 Å². The van der Waals surface area contributed by atoms with Crippen molar-refractivity contribution in [3.05, 3.63) is 12.2 Å². The average molecular weight is 262 g/mol. The van der Waals surface area contributed by atoms with Gasteiger partial charge in [-0.25, -0.2) is 0 Å². The predicted molar refractivity (Wildman–Crippen MR) is 71.1 cm³/mol. The summed E-state index contributed by atoms with van der Waals surface area (Å²) in [5.74, 6) is 0. The number of hydrogen-bond acceptors (Lipinski definition) is 4. The maximum atomic E-state index is 5.74. The third-order valence-corrected chi connectivity index (χ3v) is 5.49. The second-order valence-electron chi connectivity index (χ2n) is 4.13. The molecule has 5 heteroatoms. The van der Waals surface area contributed by atoms with Crippen molar-refractivity contribution in [1.82, 2.24) is 0 Å². The summed E-state index contributed by atoms with van der Waals surface area (Å²) < 4.78 is 21.9. The Bertz CT molecular complexity index is 208. The van der Waals surface area contributed by atoms with E-state index in [9.17, 15) is 0 Å². The minimum absolute atomic E-state index is 0.207. The number of hydrogen-bond donors (Lipinski definition) is 0. The summed E-state index contributed by atoms with van der Waals surface area (Å²) in [5, 5.41) is 0. The molecule has 0 aliphatic carbocycles. The Hall–Kier alpha value is -0.203. The van der Waals surface area contributed by atoms with Crippen molar-refractivity contribution in [2.75, 3.05) is 27.9 Å². The van der Waals surface area contributed by atoms with Crippen molar-refractivity contribution in [3.8, 4) is 0 Å². The van der Waals surface area contributed by atoms with Gasteiger partial charge in [-0.1, -0.05) is 19.1 Å². The Balaban J connectivity index is 4.15. The van der Waals surface area contributed by atoms with E-state index in [0.29, 0.717) is 6.61 Å². The fourth-order valence-electron chi connectivity index (χ4n) is 1.56. The van der Waals surface area contributed by atoms with E-state index in [1.165, 1.54) is 0 Å². The maximum Gasteiger partial charge on any atom is 0.500 e. The molecule has 0 aromatic carbocycles. The molecule has 4 nitrogen and oxygen atoms in total. The molecule has 0 saturated heterocycles. The van der Waals surface area contributed by atoms with Gasteiger partial charge < -0.3 is 18.0 Å². The minimum Gasteiger partial charge on any atom is -0.377 e. The molecule has 0 radical (unpaired) electrons. The Kier molecular flexibility index (Phi) is 8.72. The van der Waals surface area contributed by atoms with Crippen molar-refractivity contribution < 1.29 is 18.0 Å². The quantitative estimate of drug-likeness (QED) is 0.448. The third kappa shape index (κ3) is 6.33. The largest absolute Gasteiger partial charge is 0.500 e. The molecule has 0 amide bonds. The van der Waals surface area contributed by atoms with E-state index in [2.05, 4.69) is 13.5 Å². The Morgan fingerprint density at radius 1 is 1.18 bits per heavy atom. The first-order valence-corrected chi connectivity index (χ1v) is 7.88. The summed E-state index contributed by atoms with van der Waals surface area (Å²) in [6, 6.07) is 0.769. The standard InChI is InChI=1S/C12H26O4Si/c1-7-12(16-10-11(2)3)8-9-17(13-4,14-5)15-6/h12H,2,7-10H2,1,3-6H3. The van der Waals surface area contributed by atoms with Crippen LogP contribution in [0.1, 0.15) is 26.7 Å². The summed E-state index contributed by atoms with van der Waals surface area (Å²) in [6.07, 6.45) is 2.06. The molecule has 0 spiro atoms. The van der Waals surface area contributed by atoms with Gasteiger partial charge in [0, 0.05) is 27.4 Å². The third-order valence-electron chi connectivity index (χ3n) is 2.73. The molecule has 1 unspecified atom stereocenters. The molecule has 1 atom stereocenters. The highest BCUT2D eigenvalue weighted by atomic mass is 28.4. The molecule has 102 valence electrons. The van der Waals surface area contributed by atoms with E-state index in [4.69, 9.17) is 18.0 Å². The van der Waals surface area contributed by atoms with Crippen LogP contribution >= 0.6 is 0 Å². The monoisotopic (exact) mass is 262 g/mol. The maximum absolute atomic E-state index is 5.74. The first kappa shape index (κ1) is 16.8. The van der Waals surface area contributed by atoms with Crippen LogP contribution in [0.2, 0.25) is 6.04 Å². The first-order chi connectivity index (χ1) is 8.03. The van der Waals surface area contributed by atoms with Crippen LogP contribution in [-0.2, 0) is 18.0 Å². The number of rotatable bonds is 10. The van der Waals surface area contributed by atoms with E-state index in [0.717, 1.165) is 24.5 Å². The van der Waals surface area contributed by atoms with E-state index in [1.807, 2.05) is 6.92 Å². The van der Waals surface area contributed by atoms with Crippen LogP contribution in [0, 0.1) is 0 Å². The van der Waals surface area contributed by atoms with Crippen LogP contribution in [-0.4, -0.2) is 42.8 Å². The van der Waals surface area contributed by atoms with Crippen LogP contribution in [0.4, 0.5) is 0 Å². The molecule has 0 aromatic heterocycles. The topological polar surface area (TPSA) is 36.9 Å². The second kappa shape index (κ2) is 8.83. The molecule has 0 N–H and O–H groups in total. The first-order valence-electron chi connectivity index (χ1n) is 5.95. The lowest BCUT2D eigenvalue weighted by Crippen LogP contribution is -2.43. The molecule has 0 aliphatic rings. The van der Waals surface area contributed by atoms with Crippen LogP contribution in [0.25, 0.3) is 0 Å². The molecule has 0 saturated carbocycles. The highest BCUT2D eigenvalue weighted by Gasteiger charge is 2.37. The van der Waals surface area contributed by atoms with Crippen molar-refractivity contribution in [2.24, 2.45) is 0 Å². The molecular weight excluding hydrogens is 236 g/mol. The minimum atomic E-state index is -2.46. The van der Waals surface area contributed by atoms with Crippen molar-refractivity contribution in [1.29, 1.82) is 0 Å². The summed E-state index contributed by atoms with van der Waals surface area (Å²) in [7, 11) is 2.45. The molecule has 17 heavy (non-hydrogen) atoms. The van der Waals surface area contributed by atoms with Gasteiger partial charge in [0.2, 0.25) is 0 Å². The number of ether oxygens (including phenoxy) is 1. The summed E-state index contributed by atoms with van der Waals surface area (Å²) >= 11 is 0. The Morgan fingerprint density at radius 3 is 2.06 bits per heavy atom. The van der Waals surface area contributed by atoms with Crippen LogP contribution in [0.3, 0.4) is 0 Å². The lowest BCUT2D eigenvalue weighted by Gasteiger charge is -2.26. The molecule has 0 heterocycles. The van der Waals surface area contributed by atoms with Crippen molar-refractivity contribution in [3.63, 3.8) is 0 Å². The summed E-state index contributed by atoms with van der Waals surface area (Å²) in [5.41, 5.74) is 1.04. The van der Waals surface area contributed by atoms with Crippen LogP contribution < -0.4 is 0 Å². The van der Waals surface area contributed by atoms with Gasteiger partial charge in [-0.05, 0) is 19.8 Å². The molecule has 0 bridgehead atoms. The zero-order valence-corrected chi connectivity index (χ0v) is 12.7. The van der Waals surface area contributed by atoms with E-state index in [1.54, 1.807) is 21.3 Å². The lowest BCUT2D eigenvalue weighted by molar-refractivity contribution is 0.0561. The molecular formula is C12H26O4Si. The summed E-state index contributed by atoms with van der Waals surface area (Å²) in [4.78, 5) is 0. The highest BCUT2D eigenvalue weighted by Crippen LogP contribution is 2.19. The van der Waals surface area contributed by atoms with Crippen LogP contribution in [0.5, 0.6) is 0 Å². The molecule has 0 aliphatic heterocycles. The molecule has 0 fully saturated rings. The SMILES string of the molecule is C=C(C)COC(CC)CC[Si](OC)(OC)OC. The van der Waals surface area contributed by atoms with Gasteiger partial charge in [-0.3, -0.25) is 0 Å². The zero-order valence-electron chi connectivity index (χ0n) is 11.7. The van der Waals surface area contributed by atoms with Gasteiger partial charge in [-0.2, -0.15) is 0 Å². The Morgan fingerprint density at radius 2 is 1.71 bits per heavy atom. The lowest BCUT2D eigenvalue weighted by atomic mass is 10.2. The van der Waals surface area contributed by atoms with Gasteiger partial charge >= 0.3 is 8.80 Å². The van der Waals surface area contributed by atoms with Crippen molar-refractivity contribution >= 4 is 8.80 Å². The predicted octanol–water partition coefficient (Wildman–Crippen LogP) is 2.63. The second-order valence-corrected chi connectivity index (χ2v) is 7.22. The zero-order chi connectivity index (χ0) is 13.3. The fourth-order valence-corrected chi connectivity index (χ4v) is 3.35. The summed E-state index contributed by atoms with van der Waals surface area (Å²) in [6.45, 7) is 8.51. The normalized spacial score (nSPS) is 13.7. The van der Waals surface area contributed by atoms with Gasteiger partial charge in [-0.15, -0.1) is 0 Å². The van der Waals surface area contributed by atoms with Crippen molar-refractivity contribution in [2.45, 2.75) is 38.8 Å². The molecule has 0 aromatic rings. The van der Waals surface area contributed by atoms with E-state index >= 15 is 0 Å². The van der Waals surface area contributed by atoms with Gasteiger partial charge in [0.25, 0.3) is 0 Å². The average Bonchev–Trinajstić information content (AvgIpc) is 2.34. The molecule has 0 rings (SSSR count). The van der Waals surface area contributed by atoms with Crippen LogP contribution in [0.15, 0.2) is 12.2 Å². The Labute approximate surface area is 106 Å². The van der Waals surface area contributed by atoms with Gasteiger partial charge in [0.05, 0.1) is 12.7 Å². The van der Waals surface area contributed by atoms with E-state index in [-0.39, 0.29) is 6.10 Å². The van der Waals surface area contributed by atoms with Gasteiger partial charge in [0.1, 0.15) is 0 Å². The van der Waals surface area contributed by atoms with Gasteiger partial charge in [0.15, 0.2) is 0 Å². The smallest absolute Gasteiger partial charge is 0.377 e.